The van der Waals surface area contributed by atoms with Gasteiger partial charge >= 0.3 is 6.09 Å². The molecular weight excluding hydrogens is 208 g/mol. The van der Waals surface area contributed by atoms with Gasteiger partial charge in [-0.1, -0.05) is 20.8 Å². The van der Waals surface area contributed by atoms with Gasteiger partial charge in [-0.15, -0.1) is 0 Å². The average molecular weight is 228 g/mol. The van der Waals surface area contributed by atoms with Crippen molar-refractivity contribution in [3.8, 4) is 0 Å². The number of carbonyl (C=O) groups is 1. The Kier molecular flexibility index (Phi) is 2.62. The minimum absolute atomic E-state index is 0.0159. The monoisotopic (exact) mass is 228 g/mol. The van der Waals surface area contributed by atoms with Crippen LogP contribution in [0.15, 0.2) is 0 Å². The van der Waals surface area contributed by atoms with Crippen molar-refractivity contribution in [2.75, 3.05) is 26.2 Å². The maximum atomic E-state index is 11.1. The maximum Gasteiger partial charge on any atom is 0.407 e. The molecule has 0 aromatic rings. The van der Waals surface area contributed by atoms with Gasteiger partial charge in [0, 0.05) is 13.1 Å². The zero-order valence-electron chi connectivity index (χ0n) is 10.1. The summed E-state index contributed by atoms with van der Waals surface area (Å²) in [5, 5.41) is 12.5. The van der Waals surface area contributed by atoms with E-state index in [0.29, 0.717) is 13.1 Å². The summed E-state index contributed by atoms with van der Waals surface area (Å²) in [6.07, 6.45) is -0.860. The average Bonchev–Trinajstić information content (AvgIpc) is 2.15. The number of ether oxygens (including phenoxy) is 1. The Morgan fingerprint density at radius 1 is 1.56 bits per heavy atom. The molecule has 0 aromatic heterocycles. The molecular formula is C11H20N2O3. The number of fused-ring (bicyclic) bond motifs is 2. The minimum Gasteiger partial charge on any atom is -0.465 e. The summed E-state index contributed by atoms with van der Waals surface area (Å²) in [4.78, 5) is 12.6. The van der Waals surface area contributed by atoms with E-state index in [9.17, 15) is 4.79 Å². The standard InChI is InChI=1S/C11H20N2O3/c1-10(2,3)11-6-12-4-8(16-11)5-13(7-11)9(14)15/h8,12H,4-7H2,1-3H3,(H,14,15). The molecule has 0 spiro atoms. The van der Waals surface area contributed by atoms with Crippen LogP contribution in [-0.2, 0) is 4.74 Å². The third-order valence-corrected chi connectivity index (χ3v) is 3.68. The van der Waals surface area contributed by atoms with Crippen molar-refractivity contribution < 1.29 is 14.6 Å². The van der Waals surface area contributed by atoms with E-state index in [-0.39, 0.29) is 11.5 Å². The molecule has 2 saturated heterocycles. The topological polar surface area (TPSA) is 61.8 Å². The summed E-state index contributed by atoms with van der Waals surface area (Å²) in [6.45, 7) is 8.68. The van der Waals surface area contributed by atoms with Crippen molar-refractivity contribution in [3.05, 3.63) is 0 Å². The summed E-state index contributed by atoms with van der Waals surface area (Å²) in [5.41, 5.74) is -0.473. The van der Waals surface area contributed by atoms with Crippen LogP contribution in [0, 0.1) is 5.41 Å². The number of nitrogens with one attached hydrogen (secondary N) is 1. The van der Waals surface area contributed by atoms with Gasteiger partial charge < -0.3 is 20.1 Å². The van der Waals surface area contributed by atoms with E-state index < -0.39 is 11.7 Å². The Morgan fingerprint density at radius 2 is 2.25 bits per heavy atom. The Hall–Kier alpha value is -0.810. The SMILES string of the molecule is CC(C)(C)C12CNCC(CN(C(=O)O)C1)O2. The summed E-state index contributed by atoms with van der Waals surface area (Å²) in [6, 6.07) is 0. The molecule has 2 aliphatic heterocycles. The first-order valence-corrected chi connectivity index (χ1v) is 5.70. The molecule has 2 N–H and O–H groups in total. The fourth-order valence-electron chi connectivity index (χ4n) is 2.48. The molecule has 2 atom stereocenters. The quantitative estimate of drug-likeness (QED) is 0.642. The van der Waals surface area contributed by atoms with Gasteiger partial charge in [0.05, 0.1) is 19.2 Å². The molecule has 1 amide bonds. The molecule has 0 radical (unpaired) electrons. The molecule has 0 aliphatic carbocycles. The van der Waals surface area contributed by atoms with Crippen molar-refractivity contribution in [1.82, 2.24) is 10.2 Å². The summed E-state index contributed by atoms with van der Waals surface area (Å²) in [7, 11) is 0. The molecule has 16 heavy (non-hydrogen) atoms. The maximum absolute atomic E-state index is 11.1. The number of nitrogens with zero attached hydrogens (tertiary/aromatic N) is 1. The molecule has 2 rings (SSSR count). The predicted molar refractivity (Wildman–Crippen MR) is 59.5 cm³/mol. The highest BCUT2D eigenvalue weighted by Crippen LogP contribution is 2.39. The molecule has 5 nitrogen and oxygen atoms in total. The van der Waals surface area contributed by atoms with Crippen LogP contribution in [0.25, 0.3) is 0 Å². The third kappa shape index (κ3) is 1.78. The van der Waals surface area contributed by atoms with Gasteiger partial charge in [-0.3, -0.25) is 0 Å². The lowest BCUT2D eigenvalue weighted by Crippen LogP contribution is -2.70. The number of hydrogen-bond acceptors (Lipinski definition) is 3. The number of hydrogen-bond donors (Lipinski definition) is 2. The first-order valence-electron chi connectivity index (χ1n) is 5.70. The Balaban J connectivity index is 2.26. The van der Waals surface area contributed by atoms with Crippen LogP contribution in [0.1, 0.15) is 20.8 Å². The van der Waals surface area contributed by atoms with Crippen LogP contribution in [0.3, 0.4) is 0 Å². The first kappa shape index (κ1) is 11.7. The molecule has 2 unspecified atom stereocenters. The molecule has 92 valence electrons. The van der Waals surface area contributed by atoms with E-state index in [1.54, 1.807) is 0 Å². The van der Waals surface area contributed by atoms with Gasteiger partial charge in [-0.25, -0.2) is 4.79 Å². The second-order valence-electron chi connectivity index (χ2n) is 5.78. The second kappa shape index (κ2) is 3.60. The van der Waals surface area contributed by atoms with Crippen molar-refractivity contribution >= 4 is 6.09 Å². The minimum atomic E-state index is -0.844. The van der Waals surface area contributed by atoms with Gasteiger partial charge in [0.2, 0.25) is 0 Å². The van der Waals surface area contributed by atoms with Gasteiger partial charge in [0.15, 0.2) is 0 Å². The van der Waals surface area contributed by atoms with Crippen molar-refractivity contribution in [3.63, 3.8) is 0 Å². The molecule has 2 aliphatic rings. The highest BCUT2D eigenvalue weighted by molar-refractivity contribution is 5.65. The highest BCUT2D eigenvalue weighted by atomic mass is 16.5. The Morgan fingerprint density at radius 3 is 2.81 bits per heavy atom. The first-order chi connectivity index (χ1) is 7.34. The molecule has 0 aromatic carbocycles. The lowest BCUT2D eigenvalue weighted by atomic mass is 9.74. The molecule has 2 heterocycles. The number of rotatable bonds is 0. The van der Waals surface area contributed by atoms with Crippen LogP contribution in [0.5, 0.6) is 0 Å². The van der Waals surface area contributed by atoms with E-state index in [0.717, 1.165) is 13.1 Å². The number of amides is 1. The normalized spacial score (nSPS) is 34.9. The zero-order chi connectivity index (χ0) is 12.0. The molecule has 2 bridgehead atoms. The Bertz CT molecular complexity index is 300. The molecule has 2 fully saturated rings. The fraction of sp³-hybridized carbons (Fsp3) is 0.909. The van der Waals surface area contributed by atoms with Gasteiger partial charge in [0.25, 0.3) is 0 Å². The lowest BCUT2D eigenvalue weighted by Gasteiger charge is -2.55. The van der Waals surface area contributed by atoms with Gasteiger partial charge in [-0.2, -0.15) is 0 Å². The van der Waals surface area contributed by atoms with Crippen LogP contribution in [0.4, 0.5) is 4.79 Å². The zero-order valence-corrected chi connectivity index (χ0v) is 10.1. The molecule has 0 saturated carbocycles. The highest BCUT2D eigenvalue weighted by Gasteiger charge is 2.51. The number of morpholine rings is 2. The van der Waals surface area contributed by atoms with Gasteiger partial charge in [0.1, 0.15) is 5.60 Å². The van der Waals surface area contributed by atoms with Crippen LogP contribution in [0.2, 0.25) is 0 Å². The summed E-state index contributed by atoms with van der Waals surface area (Å²) < 4.78 is 6.09. The predicted octanol–water partition coefficient (Wildman–Crippen LogP) is 0.753. The van der Waals surface area contributed by atoms with Crippen molar-refractivity contribution in [2.24, 2.45) is 5.41 Å². The van der Waals surface area contributed by atoms with E-state index >= 15 is 0 Å². The lowest BCUT2D eigenvalue weighted by molar-refractivity contribution is -0.209. The van der Waals surface area contributed by atoms with Crippen LogP contribution >= 0.6 is 0 Å². The third-order valence-electron chi connectivity index (χ3n) is 3.68. The summed E-state index contributed by atoms with van der Waals surface area (Å²) >= 11 is 0. The largest absolute Gasteiger partial charge is 0.465 e. The summed E-state index contributed by atoms with van der Waals surface area (Å²) in [5.74, 6) is 0. The van der Waals surface area contributed by atoms with Gasteiger partial charge in [-0.05, 0) is 5.41 Å². The second-order valence-corrected chi connectivity index (χ2v) is 5.78. The Labute approximate surface area is 95.8 Å². The van der Waals surface area contributed by atoms with Crippen molar-refractivity contribution in [2.45, 2.75) is 32.5 Å². The molecule has 5 heteroatoms. The number of carboxylic acid groups (broad SMARTS) is 1. The van der Waals surface area contributed by atoms with Crippen LogP contribution < -0.4 is 5.32 Å². The van der Waals surface area contributed by atoms with E-state index in [4.69, 9.17) is 9.84 Å². The smallest absolute Gasteiger partial charge is 0.407 e. The van der Waals surface area contributed by atoms with E-state index in [1.807, 2.05) is 0 Å². The van der Waals surface area contributed by atoms with Crippen molar-refractivity contribution in [1.29, 1.82) is 0 Å². The van der Waals surface area contributed by atoms with Crippen LogP contribution in [-0.4, -0.2) is 54.0 Å². The van der Waals surface area contributed by atoms with E-state index in [1.165, 1.54) is 4.90 Å². The van der Waals surface area contributed by atoms with E-state index in [2.05, 4.69) is 26.1 Å². The fourth-order valence-corrected chi connectivity index (χ4v) is 2.48.